The van der Waals surface area contributed by atoms with Gasteiger partial charge < -0.3 is 16.4 Å². The van der Waals surface area contributed by atoms with Crippen LogP contribution in [-0.2, 0) is 4.79 Å². The number of nitrogens with zero attached hydrogens (tertiary/aromatic N) is 1. The number of nitrogens with two attached hydrogens (primary N) is 1. The fourth-order valence-corrected chi connectivity index (χ4v) is 1.38. The lowest BCUT2D eigenvalue weighted by Gasteiger charge is -2.02. The maximum Gasteiger partial charge on any atom is 0.216 e. The first kappa shape index (κ1) is 9.79. The lowest BCUT2D eigenvalue weighted by Crippen LogP contribution is -2.26. The molecule has 13 heavy (non-hydrogen) atoms. The summed E-state index contributed by atoms with van der Waals surface area (Å²) in [5.74, 6) is -0.0274. The van der Waals surface area contributed by atoms with Gasteiger partial charge in [0.2, 0.25) is 5.91 Å². The van der Waals surface area contributed by atoms with Crippen molar-refractivity contribution >= 4 is 27.4 Å². The topological polar surface area (TPSA) is 80.0 Å². The molecule has 5 nitrogen and oxygen atoms in total. The van der Waals surface area contributed by atoms with Crippen molar-refractivity contribution in [2.75, 3.05) is 24.1 Å². The van der Waals surface area contributed by atoms with E-state index in [1.165, 1.54) is 18.3 Å². The number of thiazole rings is 1. The summed E-state index contributed by atoms with van der Waals surface area (Å²) in [6, 6.07) is 0. The minimum absolute atomic E-state index is 0.0274. The zero-order chi connectivity index (χ0) is 9.68. The van der Waals surface area contributed by atoms with E-state index in [1.54, 1.807) is 6.20 Å². The van der Waals surface area contributed by atoms with Crippen molar-refractivity contribution < 1.29 is 4.79 Å². The minimum atomic E-state index is -0.0274. The molecule has 0 aliphatic carbocycles. The number of nitrogens with one attached hydrogen (secondary N) is 2. The maximum absolute atomic E-state index is 10.5. The van der Waals surface area contributed by atoms with Crippen LogP contribution in [0.2, 0.25) is 0 Å². The van der Waals surface area contributed by atoms with Gasteiger partial charge in [-0.05, 0) is 0 Å². The number of carbonyl (C=O) groups excluding carboxylic acids is 1. The molecule has 1 aromatic rings. The summed E-state index contributed by atoms with van der Waals surface area (Å²) in [6.45, 7) is 2.74. The quantitative estimate of drug-likeness (QED) is 0.610. The summed E-state index contributed by atoms with van der Waals surface area (Å²) in [6.07, 6.45) is 1.60. The molecule has 0 saturated carbocycles. The number of amides is 1. The summed E-state index contributed by atoms with van der Waals surface area (Å²) in [7, 11) is 0. The van der Waals surface area contributed by atoms with Gasteiger partial charge in [0.1, 0.15) is 5.00 Å². The third-order valence-corrected chi connectivity index (χ3v) is 2.08. The average Bonchev–Trinajstić information content (AvgIpc) is 2.45. The number of nitrogen functional groups attached to an aromatic ring is 1. The van der Waals surface area contributed by atoms with E-state index in [1.807, 2.05) is 0 Å². The molecule has 6 heteroatoms. The Hall–Kier alpha value is -1.30. The second kappa shape index (κ2) is 4.66. The van der Waals surface area contributed by atoms with Gasteiger partial charge in [0.05, 0.1) is 6.20 Å². The predicted octanol–water partition coefficient (Wildman–Crippen LogP) is 0.273. The van der Waals surface area contributed by atoms with E-state index in [4.69, 9.17) is 5.73 Å². The molecule has 1 amide bonds. The first-order valence-electron chi connectivity index (χ1n) is 3.88. The summed E-state index contributed by atoms with van der Waals surface area (Å²) in [5, 5.41) is 7.16. The van der Waals surface area contributed by atoms with E-state index < -0.39 is 0 Å². The van der Waals surface area contributed by atoms with Gasteiger partial charge in [-0.3, -0.25) is 4.79 Å². The number of hydrogen-bond acceptors (Lipinski definition) is 5. The van der Waals surface area contributed by atoms with Gasteiger partial charge in [-0.25, -0.2) is 4.98 Å². The third kappa shape index (κ3) is 3.75. The van der Waals surface area contributed by atoms with Crippen LogP contribution >= 0.6 is 11.3 Å². The van der Waals surface area contributed by atoms with Crippen LogP contribution in [0.5, 0.6) is 0 Å². The van der Waals surface area contributed by atoms with Gasteiger partial charge in [0.25, 0.3) is 0 Å². The average molecular weight is 200 g/mol. The van der Waals surface area contributed by atoms with Crippen LogP contribution in [0.3, 0.4) is 0 Å². The number of anilines is 2. The fraction of sp³-hybridized carbons (Fsp3) is 0.429. The van der Waals surface area contributed by atoms with E-state index in [9.17, 15) is 4.79 Å². The second-order valence-electron chi connectivity index (χ2n) is 2.48. The SMILES string of the molecule is CC(=O)NCCNc1ncc(N)s1. The van der Waals surface area contributed by atoms with Gasteiger partial charge >= 0.3 is 0 Å². The smallest absolute Gasteiger partial charge is 0.216 e. The van der Waals surface area contributed by atoms with Gasteiger partial charge in [-0.1, -0.05) is 11.3 Å². The van der Waals surface area contributed by atoms with Crippen molar-refractivity contribution in [3.63, 3.8) is 0 Å². The molecular weight excluding hydrogens is 188 g/mol. The molecule has 0 atom stereocenters. The third-order valence-electron chi connectivity index (χ3n) is 1.30. The van der Waals surface area contributed by atoms with Crippen LogP contribution in [0.4, 0.5) is 10.1 Å². The number of aromatic nitrogens is 1. The molecule has 0 radical (unpaired) electrons. The van der Waals surface area contributed by atoms with Gasteiger partial charge in [0, 0.05) is 20.0 Å². The Balaban J connectivity index is 2.16. The number of rotatable bonds is 4. The molecule has 0 aliphatic rings. The highest BCUT2D eigenvalue weighted by Gasteiger charge is 1.96. The van der Waals surface area contributed by atoms with Crippen molar-refractivity contribution in [2.24, 2.45) is 0 Å². The lowest BCUT2D eigenvalue weighted by molar-refractivity contribution is -0.118. The standard InChI is InChI=1S/C7H12N4OS/c1-5(12)9-2-3-10-7-11-4-6(8)13-7/h4H,2-3,8H2,1H3,(H,9,12)(H,10,11). The molecule has 1 rings (SSSR count). The Morgan fingerprint density at radius 2 is 2.46 bits per heavy atom. The normalized spacial score (nSPS) is 9.62. The highest BCUT2D eigenvalue weighted by atomic mass is 32.1. The van der Waals surface area contributed by atoms with Crippen molar-refractivity contribution in [2.45, 2.75) is 6.92 Å². The predicted molar refractivity (Wildman–Crippen MR) is 53.7 cm³/mol. The van der Waals surface area contributed by atoms with Gasteiger partial charge in [0.15, 0.2) is 5.13 Å². The summed E-state index contributed by atoms with van der Waals surface area (Å²) in [4.78, 5) is 14.5. The highest BCUT2D eigenvalue weighted by Crippen LogP contribution is 2.18. The maximum atomic E-state index is 10.5. The van der Waals surface area contributed by atoms with E-state index in [0.717, 1.165) is 5.13 Å². The Kier molecular flexibility index (Phi) is 3.51. The summed E-state index contributed by atoms with van der Waals surface area (Å²) < 4.78 is 0. The lowest BCUT2D eigenvalue weighted by atomic mass is 10.6. The Bertz CT molecular complexity index is 286. The molecule has 1 heterocycles. The van der Waals surface area contributed by atoms with Gasteiger partial charge in [-0.2, -0.15) is 0 Å². The van der Waals surface area contributed by atoms with Crippen LogP contribution in [0.1, 0.15) is 6.92 Å². The zero-order valence-corrected chi connectivity index (χ0v) is 8.15. The monoisotopic (exact) mass is 200 g/mol. The van der Waals surface area contributed by atoms with Crippen LogP contribution in [-0.4, -0.2) is 24.0 Å². The fourth-order valence-electron chi connectivity index (χ4n) is 0.776. The largest absolute Gasteiger partial charge is 0.389 e. The molecule has 0 fully saturated rings. The van der Waals surface area contributed by atoms with Crippen molar-refractivity contribution in [1.82, 2.24) is 10.3 Å². The molecule has 1 aromatic heterocycles. The number of hydrogen-bond donors (Lipinski definition) is 3. The van der Waals surface area contributed by atoms with Crippen molar-refractivity contribution in [3.05, 3.63) is 6.20 Å². The van der Waals surface area contributed by atoms with Crippen LogP contribution in [0, 0.1) is 0 Å². The van der Waals surface area contributed by atoms with E-state index in [2.05, 4.69) is 15.6 Å². The second-order valence-corrected chi connectivity index (χ2v) is 3.54. The Morgan fingerprint density at radius 1 is 1.69 bits per heavy atom. The first-order chi connectivity index (χ1) is 6.18. The molecule has 0 aromatic carbocycles. The number of carbonyl (C=O) groups is 1. The molecule has 72 valence electrons. The van der Waals surface area contributed by atoms with E-state index >= 15 is 0 Å². The van der Waals surface area contributed by atoms with E-state index in [0.29, 0.717) is 18.1 Å². The molecule has 0 saturated heterocycles. The molecule has 0 aliphatic heterocycles. The highest BCUT2D eigenvalue weighted by molar-refractivity contribution is 7.19. The summed E-state index contributed by atoms with van der Waals surface area (Å²) in [5.41, 5.74) is 5.48. The zero-order valence-electron chi connectivity index (χ0n) is 7.33. The van der Waals surface area contributed by atoms with Crippen LogP contribution in [0.15, 0.2) is 6.20 Å². The van der Waals surface area contributed by atoms with Crippen LogP contribution in [0.25, 0.3) is 0 Å². The van der Waals surface area contributed by atoms with E-state index in [-0.39, 0.29) is 5.91 Å². The minimum Gasteiger partial charge on any atom is -0.389 e. The molecule has 0 unspecified atom stereocenters. The Labute approximate surface area is 80.4 Å². The molecular formula is C7H12N4OS. The molecule has 0 bridgehead atoms. The van der Waals surface area contributed by atoms with Crippen molar-refractivity contribution in [1.29, 1.82) is 0 Å². The first-order valence-corrected chi connectivity index (χ1v) is 4.70. The van der Waals surface area contributed by atoms with Crippen molar-refractivity contribution in [3.8, 4) is 0 Å². The summed E-state index contributed by atoms with van der Waals surface area (Å²) >= 11 is 1.39. The Morgan fingerprint density at radius 3 is 3.00 bits per heavy atom. The van der Waals surface area contributed by atoms with Gasteiger partial charge in [-0.15, -0.1) is 0 Å². The molecule has 0 spiro atoms. The molecule has 4 N–H and O–H groups in total. The van der Waals surface area contributed by atoms with Crippen LogP contribution < -0.4 is 16.4 Å².